The molecule has 2 aliphatic heterocycles. The maximum Gasteiger partial charge on any atom is 0.128 e. The molecule has 0 N–H and O–H groups in total. The standard InChI is InChI=1S/C18H18O2/c1-3-4-12-7-14-10-19-15-6-11(2)5-13-9-20-16(8-12)18(14)17(13)15/h5-8H,3-4,9-10H2,1-2H3. The fourth-order valence-corrected chi connectivity index (χ4v) is 3.33. The SMILES string of the molecule is CCCc1cc2c3c(c1)OCc1cc(C)cc(c1-3)OC2. The summed E-state index contributed by atoms with van der Waals surface area (Å²) in [7, 11) is 0. The van der Waals surface area contributed by atoms with Gasteiger partial charge in [-0.05, 0) is 36.6 Å². The van der Waals surface area contributed by atoms with E-state index in [2.05, 4.69) is 38.1 Å². The van der Waals surface area contributed by atoms with Gasteiger partial charge in [-0.25, -0.2) is 0 Å². The summed E-state index contributed by atoms with van der Waals surface area (Å²) in [5.74, 6) is 2.05. The topological polar surface area (TPSA) is 18.5 Å². The number of ether oxygens (including phenoxy) is 2. The molecule has 0 aromatic heterocycles. The van der Waals surface area contributed by atoms with E-state index in [-0.39, 0.29) is 0 Å². The van der Waals surface area contributed by atoms with Gasteiger partial charge in [-0.3, -0.25) is 0 Å². The van der Waals surface area contributed by atoms with Crippen LogP contribution < -0.4 is 9.47 Å². The maximum absolute atomic E-state index is 6.01. The molecule has 0 fully saturated rings. The second-order valence-corrected chi connectivity index (χ2v) is 5.75. The first-order chi connectivity index (χ1) is 9.76. The summed E-state index contributed by atoms with van der Waals surface area (Å²) in [6.45, 7) is 5.61. The summed E-state index contributed by atoms with van der Waals surface area (Å²) in [4.78, 5) is 0. The number of rotatable bonds is 2. The third kappa shape index (κ3) is 1.64. The van der Waals surface area contributed by atoms with Crippen molar-refractivity contribution in [3.05, 3.63) is 46.5 Å². The molecule has 0 unspecified atom stereocenters. The summed E-state index contributed by atoms with van der Waals surface area (Å²) in [6.07, 6.45) is 2.25. The van der Waals surface area contributed by atoms with Crippen LogP contribution in [0.3, 0.4) is 0 Å². The van der Waals surface area contributed by atoms with E-state index in [9.17, 15) is 0 Å². The molecule has 2 nitrogen and oxygen atoms in total. The second kappa shape index (κ2) is 4.27. The fourth-order valence-electron chi connectivity index (χ4n) is 3.33. The summed E-state index contributed by atoms with van der Waals surface area (Å²) >= 11 is 0. The van der Waals surface area contributed by atoms with E-state index in [4.69, 9.17) is 9.47 Å². The molecular weight excluding hydrogens is 248 g/mol. The molecule has 0 aliphatic carbocycles. The number of hydrogen-bond acceptors (Lipinski definition) is 2. The van der Waals surface area contributed by atoms with Crippen molar-refractivity contribution in [3.63, 3.8) is 0 Å². The average molecular weight is 266 g/mol. The van der Waals surface area contributed by atoms with Gasteiger partial charge in [0.15, 0.2) is 0 Å². The minimum atomic E-state index is 0.648. The molecule has 0 saturated heterocycles. The summed E-state index contributed by atoms with van der Waals surface area (Å²) in [5.41, 5.74) is 7.61. The molecule has 2 heterocycles. The Labute approximate surface area is 119 Å². The van der Waals surface area contributed by atoms with E-state index in [1.165, 1.54) is 33.4 Å². The van der Waals surface area contributed by atoms with E-state index in [1.807, 2.05) is 0 Å². The van der Waals surface area contributed by atoms with Crippen LogP contribution in [0.25, 0.3) is 11.1 Å². The molecule has 0 amide bonds. The Morgan fingerprint density at radius 3 is 2.25 bits per heavy atom. The van der Waals surface area contributed by atoms with Crippen molar-refractivity contribution < 1.29 is 9.47 Å². The zero-order chi connectivity index (χ0) is 13.7. The van der Waals surface area contributed by atoms with Gasteiger partial charge in [-0.15, -0.1) is 0 Å². The van der Waals surface area contributed by atoms with Crippen LogP contribution in [0.2, 0.25) is 0 Å². The van der Waals surface area contributed by atoms with Crippen LogP contribution in [-0.4, -0.2) is 0 Å². The Morgan fingerprint density at radius 1 is 0.900 bits per heavy atom. The minimum absolute atomic E-state index is 0.648. The predicted octanol–water partition coefficient (Wildman–Crippen LogP) is 4.40. The van der Waals surface area contributed by atoms with Gasteiger partial charge in [0.05, 0.1) is 0 Å². The van der Waals surface area contributed by atoms with E-state index in [0.29, 0.717) is 13.2 Å². The molecule has 0 radical (unpaired) electrons. The van der Waals surface area contributed by atoms with Crippen molar-refractivity contribution in [3.8, 4) is 22.6 Å². The quantitative estimate of drug-likeness (QED) is 0.802. The van der Waals surface area contributed by atoms with Gasteiger partial charge in [0.2, 0.25) is 0 Å². The number of hydrogen-bond donors (Lipinski definition) is 0. The van der Waals surface area contributed by atoms with Gasteiger partial charge in [0.25, 0.3) is 0 Å². The van der Waals surface area contributed by atoms with Crippen LogP contribution >= 0.6 is 0 Å². The first kappa shape index (κ1) is 11.8. The Bertz CT molecular complexity index is 651. The largest absolute Gasteiger partial charge is 0.488 e. The lowest BCUT2D eigenvalue weighted by molar-refractivity contribution is 0.277. The highest BCUT2D eigenvalue weighted by molar-refractivity contribution is 5.84. The monoisotopic (exact) mass is 266 g/mol. The zero-order valence-electron chi connectivity index (χ0n) is 12.0. The third-order valence-electron chi connectivity index (χ3n) is 4.13. The normalized spacial score (nSPS) is 14.3. The summed E-state index contributed by atoms with van der Waals surface area (Å²) in [6, 6.07) is 8.83. The summed E-state index contributed by atoms with van der Waals surface area (Å²) < 4.78 is 12.0. The molecule has 4 rings (SSSR count). The van der Waals surface area contributed by atoms with Gasteiger partial charge in [0, 0.05) is 22.3 Å². The average Bonchev–Trinajstić information content (AvgIpc) is 2.44. The fraction of sp³-hybridized carbons (Fsp3) is 0.333. The first-order valence-electron chi connectivity index (χ1n) is 7.31. The van der Waals surface area contributed by atoms with Gasteiger partial charge >= 0.3 is 0 Å². The lowest BCUT2D eigenvalue weighted by atomic mass is 9.88. The van der Waals surface area contributed by atoms with Gasteiger partial charge in [-0.1, -0.05) is 25.5 Å². The van der Waals surface area contributed by atoms with Crippen LogP contribution in [0, 0.1) is 6.92 Å². The lowest BCUT2D eigenvalue weighted by Gasteiger charge is -2.30. The Hall–Kier alpha value is -1.96. The van der Waals surface area contributed by atoms with Crippen molar-refractivity contribution in [2.45, 2.75) is 39.9 Å². The third-order valence-corrected chi connectivity index (χ3v) is 4.13. The van der Waals surface area contributed by atoms with Crippen LogP contribution in [-0.2, 0) is 19.6 Å². The molecule has 2 aromatic rings. The van der Waals surface area contributed by atoms with Crippen molar-refractivity contribution in [2.24, 2.45) is 0 Å². The Kier molecular flexibility index (Phi) is 2.53. The molecule has 0 spiro atoms. The molecule has 0 atom stereocenters. The van der Waals surface area contributed by atoms with E-state index >= 15 is 0 Å². The van der Waals surface area contributed by atoms with Crippen LogP contribution in [0.4, 0.5) is 0 Å². The van der Waals surface area contributed by atoms with E-state index < -0.39 is 0 Å². The van der Waals surface area contributed by atoms with Gasteiger partial charge in [-0.2, -0.15) is 0 Å². The predicted molar refractivity (Wildman–Crippen MR) is 79.3 cm³/mol. The molecule has 2 aliphatic rings. The van der Waals surface area contributed by atoms with Crippen LogP contribution in [0.5, 0.6) is 11.5 Å². The van der Waals surface area contributed by atoms with Crippen molar-refractivity contribution in [1.82, 2.24) is 0 Å². The molecule has 20 heavy (non-hydrogen) atoms. The van der Waals surface area contributed by atoms with E-state index in [1.54, 1.807) is 0 Å². The highest BCUT2D eigenvalue weighted by Crippen LogP contribution is 2.48. The maximum atomic E-state index is 6.01. The highest BCUT2D eigenvalue weighted by atomic mass is 16.5. The van der Waals surface area contributed by atoms with Gasteiger partial charge in [0.1, 0.15) is 24.7 Å². The van der Waals surface area contributed by atoms with Crippen molar-refractivity contribution in [2.75, 3.05) is 0 Å². The number of aryl methyl sites for hydroxylation is 2. The van der Waals surface area contributed by atoms with E-state index in [0.717, 1.165) is 24.3 Å². The molecule has 0 saturated carbocycles. The second-order valence-electron chi connectivity index (χ2n) is 5.75. The Morgan fingerprint density at radius 2 is 1.55 bits per heavy atom. The highest BCUT2D eigenvalue weighted by Gasteiger charge is 2.28. The molecule has 2 heteroatoms. The van der Waals surface area contributed by atoms with Crippen molar-refractivity contribution in [1.29, 1.82) is 0 Å². The lowest BCUT2D eigenvalue weighted by Crippen LogP contribution is -2.15. The molecule has 102 valence electrons. The minimum Gasteiger partial charge on any atom is -0.488 e. The van der Waals surface area contributed by atoms with Crippen molar-refractivity contribution >= 4 is 0 Å². The van der Waals surface area contributed by atoms with Gasteiger partial charge < -0.3 is 9.47 Å². The molecule has 0 bridgehead atoms. The number of benzene rings is 2. The smallest absolute Gasteiger partial charge is 0.128 e. The Balaban J connectivity index is 1.97. The summed E-state index contributed by atoms with van der Waals surface area (Å²) in [5, 5.41) is 0. The molecule has 2 aromatic carbocycles. The van der Waals surface area contributed by atoms with Crippen LogP contribution in [0.15, 0.2) is 24.3 Å². The first-order valence-corrected chi connectivity index (χ1v) is 7.31. The van der Waals surface area contributed by atoms with Crippen LogP contribution in [0.1, 0.15) is 35.6 Å². The zero-order valence-corrected chi connectivity index (χ0v) is 12.0. The molecular formula is C18H18O2.